The van der Waals surface area contributed by atoms with Crippen LogP contribution < -0.4 is 0 Å². The number of nitrogens with one attached hydrogen (secondary N) is 1. The summed E-state index contributed by atoms with van der Waals surface area (Å²) < 4.78 is 27.1. The Morgan fingerprint density at radius 3 is 2.17 bits per heavy atom. The standard InChI is InChI=1S/C16H24N4O2S/c1-11-7-13(16(3,4)5)8-12(2)15(11)23(21,22)20(6)9-14-17-10-18-19-14/h7-8,10H,9H2,1-6H3,(H,17,18,19). The summed E-state index contributed by atoms with van der Waals surface area (Å²) in [6.45, 7) is 10.2. The first-order valence-corrected chi connectivity index (χ1v) is 8.90. The molecule has 1 N–H and O–H groups in total. The topological polar surface area (TPSA) is 79.0 Å². The number of H-pyrrole nitrogens is 1. The van der Waals surface area contributed by atoms with Crippen LogP contribution in [-0.4, -0.2) is 35.0 Å². The number of hydrogen-bond donors (Lipinski definition) is 1. The zero-order valence-corrected chi connectivity index (χ0v) is 15.3. The van der Waals surface area contributed by atoms with Gasteiger partial charge in [0.05, 0.1) is 11.4 Å². The van der Waals surface area contributed by atoms with Crippen LogP contribution in [0.2, 0.25) is 0 Å². The van der Waals surface area contributed by atoms with Crippen LogP contribution >= 0.6 is 0 Å². The molecule has 6 nitrogen and oxygen atoms in total. The third-order valence-electron chi connectivity index (χ3n) is 3.83. The SMILES string of the molecule is Cc1cc(C(C)(C)C)cc(C)c1S(=O)(=O)N(C)Cc1ncn[nH]1. The summed E-state index contributed by atoms with van der Waals surface area (Å²) in [7, 11) is -2.04. The van der Waals surface area contributed by atoms with E-state index in [-0.39, 0.29) is 12.0 Å². The van der Waals surface area contributed by atoms with Crippen molar-refractivity contribution >= 4 is 10.0 Å². The highest BCUT2D eigenvalue weighted by Gasteiger charge is 2.27. The van der Waals surface area contributed by atoms with E-state index >= 15 is 0 Å². The smallest absolute Gasteiger partial charge is 0.243 e. The molecule has 1 aromatic carbocycles. The van der Waals surface area contributed by atoms with Gasteiger partial charge in [-0.25, -0.2) is 13.4 Å². The van der Waals surface area contributed by atoms with Crippen molar-refractivity contribution in [1.82, 2.24) is 19.5 Å². The summed E-state index contributed by atoms with van der Waals surface area (Å²) in [5.74, 6) is 0.512. The zero-order chi connectivity index (χ0) is 17.4. The normalized spacial score (nSPS) is 12.8. The Bertz CT molecular complexity index is 767. The summed E-state index contributed by atoms with van der Waals surface area (Å²) in [5.41, 5.74) is 2.63. The maximum Gasteiger partial charge on any atom is 0.243 e. The van der Waals surface area contributed by atoms with E-state index in [2.05, 4.69) is 36.0 Å². The van der Waals surface area contributed by atoms with Gasteiger partial charge in [-0.3, -0.25) is 5.10 Å². The second-order valence-electron chi connectivity index (χ2n) is 6.88. The first-order chi connectivity index (χ1) is 10.5. The molecular weight excluding hydrogens is 312 g/mol. The lowest BCUT2D eigenvalue weighted by Gasteiger charge is -2.24. The third kappa shape index (κ3) is 3.61. The third-order valence-corrected chi connectivity index (χ3v) is 5.94. The molecular formula is C16H24N4O2S. The Balaban J connectivity index is 2.44. The number of rotatable bonds is 4. The largest absolute Gasteiger partial charge is 0.262 e. The van der Waals surface area contributed by atoms with Gasteiger partial charge in [0, 0.05) is 7.05 Å². The second-order valence-corrected chi connectivity index (χ2v) is 8.86. The van der Waals surface area contributed by atoms with Crippen LogP contribution in [0.15, 0.2) is 23.4 Å². The Kier molecular flexibility index (Phi) is 4.64. The van der Waals surface area contributed by atoms with Crippen LogP contribution in [0.4, 0.5) is 0 Å². The van der Waals surface area contributed by atoms with Crippen LogP contribution in [0.3, 0.4) is 0 Å². The van der Waals surface area contributed by atoms with Crippen molar-refractivity contribution in [3.8, 4) is 0 Å². The predicted octanol–water partition coefficient (Wildman–Crippen LogP) is 2.54. The molecule has 0 aliphatic rings. The van der Waals surface area contributed by atoms with Gasteiger partial charge in [0.2, 0.25) is 10.0 Å². The number of aromatic amines is 1. The van der Waals surface area contributed by atoms with E-state index in [9.17, 15) is 8.42 Å². The summed E-state index contributed by atoms with van der Waals surface area (Å²) in [6.07, 6.45) is 1.37. The van der Waals surface area contributed by atoms with Crippen molar-refractivity contribution in [2.45, 2.75) is 51.5 Å². The van der Waals surface area contributed by atoms with Gasteiger partial charge in [-0.2, -0.15) is 9.40 Å². The van der Waals surface area contributed by atoms with Crippen LogP contribution in [0, 0.1) is 13.8 Å². The molecule has 2 aromatic rings. The summed E-state index contributed by atoms with van der Waals surface area (Å²) in [6, 6.07) is 3.92. The Hall–Kier alpha value is -1.73. The van der Waals surface area contributed by atoms with Crippen molar-refractivity contribution in [2.24, 2.45) is 0 Å². The van der Waals surface area contributed by atoms with Gasteiger partial charge >= 0.3 is 0 Å². The summed E-state index contributed by atoms with van der Waals surface area (Å²) in [5, 5.41) is 6.43. The molecule has 0 amide bonds. The van der Waals surface area contributed by atoms with E-state index in [1.54, 1.807) is 7.05 Å². The number of nitrogens with zero attached hydrogens (tertiary/aromatic N) is 3. The number of aromatic nitrogens is 3. The summed E-state index contributed by atoms with van der Waals surface area (Å²) in [4.78, 5) is 4.35. The molecule has 0 fully saturated rings. The van der Waals surface area contributed by atoms with Crippen molar-refractivity contribution in [1.29, 1.82) is 0 Å². The second kappa shape index (κ2) is 6.05. The molecule has 1 heterocycles. The predicted molar refractivity (Wildman–Crippen MR) is 89.7 cm³/mol. The quantitative estimate of drug-likeness (QED) is 0.930. The molecule has 126 valence electrons. The highest BCUT2D eigenvalue weighted by atomic mass is 32.2. The maximum atomic E-state index is 12.9. The molecule has 0 unspecified atom stereocenters. The molecule has 0 radical (unpaired) electrons. The highest BCUT2D eigenvalue weighted by molar-refractivity contribution is 7.89. The number of sulfonamides is 1. The average Bonchev–Trinajstić information content (AvgIpc) is 2.89. The fourth-order valence-electron chi connectivity index (χ4n) is 2.55. The van der Waals surface area contributed by atoms with Crippen molar-refractivity contribution in [3.63, 3.8) is 0 Å². The average molecular weight is 336 g/mol. The van der Waals surface area contributed by atoms with Crippen molar-refractivity contribution < 1.29 is 8.42 Å². The van der Waals surface area contributed by atoms with Gasteiger partial charge in [0.25, 0.3) is 0 Å². The first-order valence-electron chi connectivity index (χ1n) is 7.46. The lowest BCUT2D eigenvalue weighted by Crippen LogP contribution is -2.28. The van der Waals surface area contributed by atoms with Crippen LogP contribution in [-0.2, 0) is 22.0 Å². The van der Waals surface area contributed by atoms with Gasteiger partial charge in [-0.15, -0.1) is 0 Å². The van der Waals surface area contributed by atoms with E-state index in [4.69, 9.17) is 0 Å². The Labute approximate surface area is 138 Å². The van der Waals surface area contributed by atoms with Crippen molar-refractivity contribution in [2.75, 3.05) is 7.05 Å². The van der Waals surface area contributed by atoms with E-state index in [0.717, 1.165) is 16.7 Å². The van der Waals surface area contributed by atoms with E-state index in [1.807, 2.05) is 26.0 Å². The number of aryl methyl sites for hydroxylation is 2. The first kappa shape index (κ1) is 17.6. The van der Waals surface area contributed by atoms with Gasteiger partial charge in [0.15, 0.2) is 0 Å². The lowest BCUT2D eigenvalue weighted by molar-refractivity contribution is 0.456. The number of hydrogen-bond acceptors (Lipinski definition) is 4. The molecule has 7 heteroatoms. The fourth-order valence-corrected chi connectivity index (χ4v) is 4.08. The zero-order valence-electron chi connectivity index (χ0n) is 14.5. The molecule has 2 rings (SSSR count). The van der Waals surface area contributed by atoms with Crippen LogP contribution in [0.1, 0.15) is 43.3 Å². The minimum Gasteiger partial charge on any atom is -0.262 e. The van der Waals surface area contributed by atoms with Gasteiger partial charge in [-0.05, 0) is 36.0 Å². The summed E-state index contributed by atoms with van der Waals surface area (Å²) >= 11 is 0. The van der Waals surface area contributed by atoms with E-state index in [1.165, 1.54) is 10.6 Å². The molecule has 0 aliphatic heterocycles. The molecule has 0 saturated carbocycles. The molecule has 0 atom stereocenters. The van der Waals surface area contributed by atoms with Crippen LogP contribution in [0.5, 0.6) is 0 Å². The van der Waals surface area contributed by atoms with E-state index in [0.29, 0.717) is 10.7 Å². The molecule has 0 bridgehead atoms. The highest BCUT2D eigenvalue weighted by Crippen LogP contribution is 2.30. The van der Waals surface area contributed by atoms with Crippen molar-refractivity contribution in [3.05, 3.63) is 41.0 Å². The molecule has 1 aromatic heterocycles. The maximum absolute atomic E-state index is 12.9. The minimum atomic E-state index is -3.59. The molecule has 23 heavy (non-hydrogen) atoms. The fraction of sp³-hybridized carbons (Fsp3) is 0.500. The van der Waals surface area contributed by atoms with E-state index < -0.39 is 10.0 Å². The molecule has 0 spiro atoms. The lowest BCUT2D eigenvalue weighted by atomic mass is 9.85. The Morgan fingerprint density at radius 1 is 1.17 bits per heavy atom. The van der Waals surface area contributed by atoms with Gasteiger partial charge < -0.3 is 0 Å². The minimum absolute atomic E-state index is 0.0243. The Morgan fingerprint density at radius 2 is 1.74 bits per heavy atom. The molecule has 0 saturated heterocycles. The molecule has 0 aliphatic carbocycles. The van der Waals surface area contributed by atoms with Gasteiger partial charge in [-0.1, -0.05) is 32.9 Å². The van der Waals surface area contributed by atoms with Crippen LogP contribution in [0.25, 0.3) is 0 Å². The number of benzene rings is 1. The monoisotopic (exact) mass is 336 g/mol. The van der Waals surface area contributed by atoms with Gasteiger partial charge in [0.1, 0.15) is 12.2 Å².